The van der Waals surface area contributed by atoms with Gasteiger partial charge in [0.1, 0.15) is 0 Å². The number of rotatable bonds is 6. The molecular weight excluding hydrogens is 374 g/mol. The van der Waals surface area contributed by atoms with Gasteiger partial charge in [-0.15, -0.1) is 0 Å². The Bertz CT molecular complexity index is 990. The summed E-state index contributed by atoms with van der Waals surface area (Å²) < 4.78 is 0. The third kappa shape index (κ3) is 4.96. The van der Waals surface area contributed by atoms with E-state index < -0.39 is 0 Å². The molecule has 2 amide bonds. The number of hydrogen-bond acceptors (Lipinski definition) is 3. The van der Waals surface area contributed by atoms with Crippen molar-refractivity contribution < 1.29 is 9.59 Å². The van der Waals surface area contributed by atoms with Gasteiger partial charge in [0, 0.05) is 29.6 Å². The van der Waals surface area contributed by atoms with Crippen LogP contribution in [0.5, 0.6) is 0 Å². The summed E-state index contributed by atoms with van der Waals surface area (Å²) in [4.78, 5) is 28.9. The van der Waals surface area contributed by atoms with Crippen LogP contribution in [0.15, 0.2) is 67.0 Å². The van der Waals surface area contributed by atoms with Crippen molar-refractivity contribution in [2.24, 2.45) is 0 Å². The van der Waals surface area contributed by atoms with Gasteiger partial charge >= 0.3 is 0 Å². The molecule has 1 heterocycles. The van der Waals surface area contributed by atoms with Crippen molar-refractivity contribution >= 4 is 29.1 Å². The van der Waals surface area contributed by atoms with E-state index in [2.05, 4.69) is 15.6 Å². The lowest BCUT2D eigenvalue weighted by Gasteiger charge is -2.10. The van der Waals surface area contributed by atoms with E-state index in [1.54, 1.807) is 18.2 Å². The number of benzene rings is 2. The van der Waals surface area contributed by atoms with Crippen molar-refractivity contribution in [2.75, 3.05) is 11.9 Å². The molecule has 0 atom stereocenters. The largest absolute Gasteiger partial charge is 0.352 e. The molecule has 0 aliphatic rings. The normalized spacial score (nSPS) is 10.4. The molecule has 0 unspecified atom stereocenters. The first-order valence-electron chi connectivity index (χ1n) is 8.88. The van der Waals surface area contributed by atoms with E-state index in [-0.39, 0.29) is 11.8 Å². The third-order valence-electron chi connectivity index (χ3n) is 4.32. The summed E-state index contributed by atoms with van der Waals surface area (Å²) in [5.74, 6) is -0.617. The highest BCUT2D eigenvalue weighted by Crippen LogP contribution is 2.23. The van der Waals surface area contributed by atoms with Crippen LogP contribution in [0.4, 0.5) is 5.69 Å². The fourth-order valence-corrected chi connectivity index (χ4v) is 2.87. The highest BCUT2D eigenvalue weighted by atomic mass is 35.5. The van der Waals surface area contributed by atoms with Gasteiger partial charge in [-0.1, -0.05) is 48.0 Å². The maximum Gasteiger partial charge on any atom is 0.257 e. The van der Waals surface area contributed by atoms with Crippen LogP contribution < -0.4 is 10.6 Å². The number of carbonyl (C=O) groups is 2. The number of nitrogens with one attached hydrogen (secondary N) is 2. The van der Waals surface area contributed by atoms with Gasteiger partial charge in [0.2, 0.25) is 0 Å². The highest BCUT2D eigenvalue weighted by molar-refractivity contribution is 6.31. The van der Waals surface area contributed by atoms with E-state index >= 15 is 0 Å². The number of aromatic nitrogens is 1. The van der Waals surface area contributed by atoms with Crippen molar-refractivity contribution in [1.29, 1.82) is 0 Å². The van der Waals surface area contributed by atoms with E-state index in [0.717, 1.165) is 17.5 Å². The summed E-state index contributed by atoms with van der Waals surface area (Å²) in [7, 11) is 0. The minimum Gasteiger partial charge on any atom is -0.352 e. The van der Waals surface area contributed by atoms with E-state index in [9.17, 15) is 9.59 Å². The maximum absolute atomic E-state index is 12.5. The van der Waals surface area contributed by atoms with Crippen molar-refractivity contribution in [2.45, 2.75) is 13.3 Å². The van der Waals surface area contributed by atoms with Crippen LogP contribution in [0.3, 0.4) is 0 Å². The Hall–Kier alpha value is -3.18. The quantitative estimate of drug-likeness (QED) is 0.657. The smallest absolute Gasteiger partial charge is 0.257 e. The molecule has 1 aromatic heterocycles. The summed E-state index contributed by atoms with van der Waals surface area (Å²) in [6.07, 6.45) is 3.60. The zero-order chi connectivity index (χ0) is 19.9. The average Bonchev–Trinajstić information content (AvgIpc) is 2.72. The number of pyridine rings is 1. The van der Waals surface area contributed by atoms with Crippen LogP contribution >= 0.6 is 11.6 Å². The molecule has 3 aromatic rings. The molecule has 28 heavy (non-hydrogen) atoms. The standard InChI is InChI=1S/C22H20ClN3O2/c1-15-19(23)8-5-9-20(15)26-22(28)18-12-17(13-24-14-18)21(27)25-11-10-16-6-3-2-4-7-16/h2-9,12-14H,10-11H2,1H3,(H,25,27)(H,26,28). The zero-order valence-electron chi connectivity index (χ0n) is 15.4. The first-order chi connectivity index (χ1) is 13.5. The van der Waals surface area contributed by atoms with E-state index in [1.807, 2.05) is 37.3 Å². The number of anilines is 1. The summed E-state index contributed by atoms with van der Waals surface area (Å²) in [6.45, 7) is 2.33. The Morgan fingerprint density at radius 1 is 0.964 bits per heavy atom. The van der Waals surface area contributed by atoms with E-state index in [4.69, 9.17) is 11.6 Å². The molecule has 3 rings (SSSR count). The zero-order valence-corrected chi connectivity index (χ0v) is 16.2. The van der Waals surface area contributed by atoms with Crippen LogP contribution in [0.25, 0.3) is 0 Å². The fourth-order valence-electron chi connectivity index (χ4n) is 2.69. The number of carbonyl (C=O) groups excluding carboxylic acids is 2. The first-order valence-corrected chi connectivity index (χ1v) is 9.26. The highest BCUT2D eigenvalue weighted by Gasteiger charge is 2.13. The average molecular weight is 394 g/mol. The van der Waals surface area contributed by atoms with Gasteiger partial charge in [-0.2, -0.15) is 0 Å². The summed E-state index contributed by atoms with van der Waals surface area (Å²) in [6, 6.07) is 16.7. The van der Waals surface area contributed by atoms with Crippen molar-refractivity contribution in [3.8, 4) is 0 Å². The topological polar surface area (TPSA) is 71.1 Å². The van der Waals surface area contributed by atoms with Crippen molar-refractivity contribution in [3.05, 3.63) is 94.3 Å². The van der Waals surface area contributed by atoms with Crippen molar-refractivity contribution in [1.82, 2.24) is 10.3 Å². The van der Waals surface area contributed by atoms with Gasteiger partial charge < -0.3 is 10.6 Å². The molecule has 0 aliphatic heterocycles. The van der Waals surface area contributed by atoms with E-state index in [1.165, 1.54) is 18.5 Å². The predicted octanol–water partition coefficient (Wildman–Crippen LogP) is 4.27. The summed E-state index contributed by atoms with van der Waals surface area (Å²) in [5.41, 5.74) is 3.18. The number of amides is 2. The predicted molar refractivity (Wildman–Crippen MR) is 111 cm³/mol. The Labute approximate surface area is 168 Å². The van der Waals surface area contributed by atoms with Crippen LogP contribution in [0.1, 0.15) is 31.8 Å². The molecule has 6 heteroatoms. The van der Waals surface area contributed by atoms with Gasteiger partial charge in [-0.25, -0.2) is 0 Å². The number of halogens is 1. The van der Waals surface area contributed by atoms with Gasteiger partial charge in [0.25, 0.3) is 11.8 Å². The van der Waals surface area contributed by atoms with Crippen LogP contribution in [-0.2, 0) is 6.42 Å². The molecule has 0 bridgehead atoms. The van der Waals surface area contributed by atoms with Crippen LogP contribution in [0.2, 0.25) is 5.02 Å². The Kier molecular flexibility index (Phi) is 6.40. The summed E-state index contributed by atoms with van der Waals surface area (Å²) >= 11 is 6.09. The lowest BCUT2D eigenvalue weighted by atomic mass is 10.1. The van der Waals surface area contributed by atoms with E-state index in [0.29, 0.717) is 28.4 Å². The van der Waals surface area contributed by atoms with Gasteiger partial charge in [-0.3, -0.25) is 14.6 Å². The van der Waals surface area contributed by atoms with Crippen LogP contribution in [0, 0.1) is 6.92 Å². The Morgan fingerprint density at radius 2 is 1.68 bits per heavy atom. The van der Waals surface area contributed by atoms with Crippen LogP contribution in [-0.4, -0.2) is 23.3 Å². The van der Waals surface area contributed by atoms with Gasteiger partial charge in [0.05, 0.1) is 11.1 Å². The fraction of sp³-hybridized carbons (Fsp3) is 0.136. The SMILES string of the molecule is Cc1c(Cl)cccc1NC(=O)c1cncc(C(=O)NCCc2ccccc2)c1. The second kappa shape index (κ2) is 9.15. The lowest BCUT2D eigenvalue weighted by molar-refractivity contribution is 0.0953. The molecule has 0 spiro atoms. The molecule has 0 saturated carbocycles. The van der Waals surface area contributed by atoms with Crippen molar-refractivity contribution in [3.63, 3.8) is 0 Å². The monoisotopic (exact) mass is 393 g/mol. The molecule has 2 N–H and O–H groups in total. The number of hydrogen-bond donors (Lipinski definition) is 2. The molecule has 0 aliphatic carbocycles. The maximum atomic E-state index is 12.5. The minimum absolute atomic E-state index is 0.267. The third-order valence-corrected chi connectivity index (χ3v) is 4.73. The second-order valence-corrected chi connectivity index (χ2v) is 6.73. The molecule has 0 fully saturated rings. The first kappa shape index (κ1) is 19.6. The molecule has 0 radical (unpaired) electrons. The molecule has 0 saturated heterocycles. The minimum atomic E-state index is -0.350. The van der Waals surface area contributed by atoms with Gasteiger partial charge in [-0.05, 0) is 42.7 Å². The molecule has 142 valence electrons. The lowest BCUT2D eigenvalue weighted by Crippen LogP contribution is -2.26. The number of nitrogens with zero attached hydrogens (tertiary/aromatic N) is 1. The molecular formula is C22H20ClN3O2. The Balaban J connectivity index is 1.63. The Morgan fingerprint density at radius 3 is 2.43 bits per heavy atom. The molecule has 5 nitrogen and oxygen atoms in total. The summed E-state index contributed by atoms with van der Waals surface area (Å²) in [5, 5.41) is 6.23. The molecule has 2 aromatic carbocycles. The van der Waals surface area contributed by atoms with Gasteiger partial charge in [0.15, 0.2) is 0 Å². The second-order valence-electron chi connectivity index (χ2n) is 6.32.